The minimum Gasteiger partial charge on any atom is -0.373 e. The van der Waals surface area contributed by atoms with Gasteiger partial charge in [-0.05, 0) is 37.5 Å². The van der Waals surface area contributed by atoms with Crippen LogP contribution in [-0.4, -0.2) is 32.8 Å². The molecule has 2 heterocycles. The molecule has 0 spiro atoms. The third-order valence-electron chi connectivity index (χ3n) is 4.55. The fourth-order valence-electron chi connectivity index (χ4n) is 3.23. The van der Waals surface area contributed by atoms with E-state index in [1.807, 2.05) is 0 Å². The van der Waals surface area contributed by atoms with Crippen molar-refractivity contribution in [2.75, 3.05) is 24.7 Å². The van der Waals surface area contributed by atoms with Crippen LogP contribution in [0.1, 0.15) is 30.1 Å². The first kappa shape index (κ1) is 17.9. The summed E-state index contributed by atoms with van der Waals surface area (Å²) >= 11 is 0. The molecular formula is C19H24N2O3S. The molecule has 1 aliphatic rings. The highest BCUT2D eigenvalue weighted by Crippen LogP contribution is 2.34. The minimum absolute atomic E-state index is 0.0206. The van der Waals surface area contributed by atoms with E-state index in [0.29, 0.717) is 12.4 Å². The highest BCUT2D eigenvalue weighted by atomic mass is 32.2. The summed E-state index contributed by atoms with van der Waals surface area (Å²) in [6.07, 6.45) is 4.87. The summed E-state index contributed by atoms with van der Waals surface area (Å²) in [6, 6.07) is 11.6. The van der Waals surface area contributed by atoms with Crippen molar-refractivity contribution in [1.29, 1.82) is 0 Å². The van der Waals surface area contributed by atoms with Crippen molar-refractivity contribution < 1.29 is 13.2 Å². The molecule has 25 heavy (non-hydrogen) atoms. The van der Waals surface area contributed by atoms with Gasteiger partial charge >= 0.3 is 0 Å². The zero-order chi connectivity index (χ0) is 17.9. The fourth-order valence-corrected chi connectivity index (χ4v) is 4.03. The number of ether oxygens (including phenoxy) is 1. The molecule has 3 rings (SSSR count). The van der Waals surface area contributed by atoms with Gasteiger partial charge in [-0.3, -0.25) is 0 Å². The van der Waals surface area contributed by atoms with E-state index in [1.165, 1.54) is 17.4 Å². The SMILES string of the molecule is Cc1ccc(C2OCCCC2CNc2ncccc2S(C)(=O)=O)cc1. The minimum atomic E-state index is -3.31. The van der Waals surface area contributed by atoms with Crippen molar-refractivity contribution in [3.63, 3.8) is 0 Å². The number of nitrogens with zero attached hydrogens (tertiary/aromatic N) is 1. The zero-order valence-corrected chi connectivity index (χ0v) is 15.4. The molecule has 1 saturated heterocycles. The van der Waals surface area contributed by atoms with Crippen LogP contribution in [0.15, 0.2) is 47.5 Å². The second-order valence-corrected chi connectivity index (χ2v) is 8.59. The van der Waals surface area contributed by atoms with Crippen LogP contribution in [0, 0.1) is 12.8 Å². The molecule has 2 unspecified atom stereocenters. The number of nitrogens with one attached hydrogen (secondary N) is 1. The van der Waals surface area contributed by atoms with Gasteiger partial charge in [0.2, 0.25) is 0 Å². The van der Waals surface area contributed by atoms with Gasteiger partial charge in [0.25, 0.3) is 0 Å². The molecule has 1 fully saturated rings. The number of anilines is 1. The number of hydrogen-bond acceptors (Lipinski definition) is 5. The van der Waals surface area contributed by atoms with Gasteiger partial charge in [-0.1, -0.05) is 29.8 Å². The number of hydrogen-bond donors (Lipinski definition) is 1. The van der Waals surface area contributed by atoms with Crippen LogP contribution in [0.25, 0.3) is 0 Å². The van der Waals surface area contributed by atoms with Gasteiger partial charge < -0.3 is 10.1 Å². The van der Waals surface area contributed by atoms with Gasteiger partial charge in [0.1, 0.15) is 10.7 Å². The van der Waals surface area contributed by atoms with E-state index in [0.717, 1.165) is 19.4 Å². The van der Waals surface area contributed by atoms with E-state index >= 15 is 0 Å². The Morgan fingerprint density at radius 1 is 1.24 bits per heavy atom. The molecule has 1 aromatic heterocycles. The molecule has 6 heteroatoms. The van der Waals surface area contributed by atoms with E-state index in [-0.39, 0.29) is 16.9 Å². The van der Waals surface area contributed by atoms with Crippen molar-refractivity contribution in [2.45, 2.75) is 30.8 Å². The average Bonchev–Trinajstić information content (AvgIpc) is 2.60. The first-order valence-corrected chi connectivity index (χ1v) is 10.4. The summed E-state index contributed by atoms with van der Waals surface area (Å²) in [5.74, 6) is 0.684. The number of aryl methyl sites for hydroxylation is 1. The van der Waals surface area contributed by atoms with E-state index in [9.17, 15) is 8.42 Å². The lowest BCUT2D eigenvalue weighted by molar-refractivity contribution is -0.0238. The Morgan fingerprint density at radius 3 is 2.72 bits per heavy atom. The van der Waals surface area contributed by atoms with E-state index in [1.54, 1.807) is 18.3 Å². The van der Waals surface area contributed by atoms with Crippen LogP contribution in [0.2, 0.25) is 0 Å². The monoisotopic (exact) mass is 360 g/mol. The molecule has 1 N–H and O–H groups in total. The van der Waals surface area contributed by atoms with Crippen LogP contribution >= 0.6 is 0 Å². The van der Waals surface area contributed by atoms with Gasteiger partial charge in [0, 0.05) is 31.5 Å². The first-order valence-electron chi connectivity index (χ1n) is 8.52. The molecule has 5 nitrogen and oxygen atoms in total. The maximum atomic E-state index is 11.9. The molecule has 0 saturated carbocycles. The Balaban J connectivity index is 1.76. The summed E-state index contributed by atoms with van der Waals surface area (Å²) in [5, 5.41) is 3.23. The lowest BCUT2D eigenvalue weighted by atomic mass is 9.89. The van der Waals surface area contributed by atoms with E-state index in [2.05, 4.69) is 41.5 Å². The predicted octanol–water partition coefficient (Wildman–Crippen LogP) is 3.37. The zero-order valence-electron chi connectivity index (χ0n) is 14.6. The Bertz CT molecular complexity index is 819. The molecule has 0 radical (unpaired) electrons. The second kappa shape index (κ2) is 7.54. The number of aromatic nitrogens is 1. The van der Waals surface area contributed by atoms with Crippen molar-refractivity contribution >= 4 is 15.7 Å². The van der Waals surface area contributed by atoms with Gasteiger partial charge in [0.15, 0.2) is 9.84 Å². The largest absolute Gasteiger partial charge is 0.373 e. The van der Waals surface area contributed by atoms with Crippen molar-refractivity contribution in [3.8, 4) is 0 Å². The quantitative estimate of drug-likeness (QED) is 0.885. The van der Waals surface area contributed by atoms with Crippen molar-refractivity contribution in [2.24, 2.45) is 5.92 Å². The predicted molar refractivity (Wildman–Crippen MR) is 98.4 cm³/mol. The highest BCUT2D eigenvalue weighted by Gasteiger charge is 2.28. The normalized spacial score (nSPS) is 21.0. The van der Waals surface area contributed by atoms with Gasteiger partial charge in [-0.15, -0.1) is 0 Å². The molecule has 134 valence electrons. The van der Waals surface area contributed by atoms with Crippen molar-refractivity contribution in [3.05, 3.63) is 53.7 Å². The molecule has 0 amide bonds. The Hall–Kier alpha value is -1.92. The Labute approximate surface area is 149 Å². The van der Waals surface area contributed by atoms with Gasteiger partial charge in [-0.25, -0.2) is 13.4 Å². The van der Waals surface area contributed by atoms with E-state index in [4.69, 9.17) is 4.74 Å². The highest BCUT2D eigenvalue weighted by molar-refractivity contribution is 7.90. The molecule has 0 bridgehead atoms. The van der Waals surface area contributed by atoms with Crippen molar-refractivity contribution in [1.82, 2.24) is 4.98 Å². The summed E-state index contributed by atoms with van der Waals surface area (Å²) in [4.78, 5) is 4.44. The molecular weight excluding hydrogens is 336 g/mol. The fraction of sp³-hybridized carbons (Fsp3) is 0.421. The summed E-state index contributed by atoms with van der Waals surface area (Å²) in [6.45, 7) is 3.45. The summed E-state index contributed by atoms with van der Waals surface area (Å²) in [7, 11) is -3.31. The third-order valence-corrected chi connectivity index (χ3v) is 5.68. The van der Waals surface area contributed by atoms with Gasteiger partial charge in [0.05, 0.1) is 6.10 Å². The maximum Gasteiger partial charge on any atom is 0.179 e. The standard InChI is InChI=1S/C19H24N2O3S/c1-14-7-9-15(10-8-14)18-16(5-4-12-24-18)13-21-19-17(25(2,22)23)6-3-11-20-19/h3,6-11,16,18H,4-5,12-13H2,1-2H3,(H,20,21). The third kappa shape index (κ3) is 4.38. The molecule has 0 aliphatic carbocycles. The molecule has 2 aromatic rings. The van der Waals surface area contributed by atoms with Crippen LogP contribution in [0.3, 0.4) is 0 Å². The maximum absolute atomic E-state index is 11.9. The Morgan fingerprint density at radius 2 is 2.00 bits per heavy atom. The smallest absolute Gasteiger partial charge is 0.179 e. The summed E-state index contributed by atoms with van der Waals surface area (Å²) < 4.78 is 29.9. The van der Waals surface area contributed by atoms with Crippen LogP contribution in [0.5, 0.6) is 0 Å². The molecule has 2 atom stereocenters. The summed E-state index contributed by atoms with van der Waals surface area (Å²) in [5.41, 5.74) is 2.39. The van der Waals surface area contributed by atoms with Crippen LogP contribution in [-0.2, 0) is 14.6 Å². The van der Waals surface area contributed by atoms with Gasteiger partial charge in [-0.2, -0.15) is 0 Å². The Kier molecular flexibility index (Phi) is 5.39. The lowest BCUT2D eigenvalue weighted by Crippen LogP contribution is -2.28. The molecule has 1 aromatic carbocycles. The van der Waals surface area contributed by atoms with Crippen LogP contribution < -0.4 is 5.32 Å². The second-order valence-electron chi connectivity index (χ2n) is 6.61. The lowest BCUT2D eigenvalue weighted by Gasteiger charge is -2.32. The number of pyridine rings is 1. The average molecular weight is 360 g/mol. The molecule has 1 aliphatic heterocycles. The number of rotatable bonds is 5. The van der Waals surface area contributed by atoms with Crippen LogP contribution in [0.4, 0.5) is 5.82 Å². The number of sulfone groups is 1. The topological polar surface area (TPSA) is 68.3 Å². The number of benzene rings is 1. The van der Waals surface area contributed by atoms with E-state index < -0.39 is 9.84 Å². The first-order chi connectivity index (χ1) is 11.9.